The molecule has 0 unspecified atom stereocenters. The minimum absolute atomic E-state index is 0.104. The summed E-state index contributed by atoms with van der Waals surface area (Å²) in [5.74, 6) is -0.593. The minimum atomic E-state index is -0.593. The Morgan fingerprint density at radius 3 is 2.05 bits per heavy atom. The van der Waals surface area contributed by atoms with Crippen LogP contribution in [0.2, 0.25) is 0 Å². The van der Waals surface area contributed by atoms with Crippen LogP contribution in [0.5, 0.6) is 0 Å². The summed E-state index contributed by atoms with van der Waals surface area (Å²) in [7, 11) is 1.28. The van der Waals surface area contributed by atoms with Gasteiger partial charge in [0.1, 0.15) is 0 Å². The van der Waals surface area contributed by atoms with Gasteiger partial charge in [0.25, 0.3) is 5.71 Å². The SMILES string of the molecule is COC(=O)/C(Cc1ccccc1)=[N+](/[O-])Cc1ccccc1. The largest absolute Gasteiger partial charge is 0.623 e. The van der Waals surface area contributed by atoms with Crippen LogP contribution >= 0.6 is 0 Å². The average Bonchev–Trinajstić information content (AvgIpc) is 2.53. The number of hydrogen-bond acceptors (Lipinski definition) is 3. The molecule has 0 aliphatic carbocycles. The first-order valence-corrected chi connectivity index (χ1v) is 6.67. The van der Waals surface area contributed by atoms with E-state index in [1.807, 2.05) is 60.7 Å². The Hall–Kier alpha value is -2.62. The van der Waals surface area contributed by atoms with Crippen molar-refractivity contribution in [3.8, 4) is 0 Å². The quantitative estimate of drug-likeness (QED) is 0.278. The Labute approximate surface area is 123 Å². The number of methoxy groups -OCH3 is 1. The predicted octanol–water partition coefficient (Wildman–Crippen LogP) is 2.55. The van der Waals surface area contributed by atoms with Crippen molar-refractivity contribution in [1.82, 2.24) is 0 Å². The lowest BCUT2D eigenvalue weighted by Crippen LogP contribution is -2.28. The molecule has 0 aliphatic rings. The van der Waals surface area contributed by atoms with Crippen molar-refractivity contribution in [2.45, 2.75) is 13.0 Å². The molecule has 0 saturated carbocycles. The highest BCUT2D eigenvalue weighted by molar-refractivity contribution is 6.34. The third-order valence-corrected chi connectivity index (χ3v) is 3.11. The molecule has 21 heavy (non-hydrogen) atoms. The molecule has 4 nitrogen and oxygen atoms in total. The van der Waals surface area contributed by atoms with Crippen LogP contribution in [0.15, 0.2) is 60.7 Å². The molecule has 0 bridgehead atoms. The van der Waals surface area contributed by atoms with E-state index >= 15 is 0 Å². The molecule has 0 radical (unpaired) electrons. The van der Waals surface area contributed by atoms with Crippen molar-refractivity contribution in [3.05, 3.63) is 77.0 Å². The summed E-state index contributed by atoms with van der Waals surface area (Å²) in [5.41, 5.74) is 1.85. The fraction of sp³-hybridized carbons (Fsp3) is 0.176. The monoisotopic (exact) mass is 283 g/mol. The summed E-state index contributed by atoms with van der Waals surface area (Å²) >= 11 is 0. The molecule has 0 saturated heterocycles. The maximum atomic E-state index is 12.3. The van der Waals surface area contributed by atoms with Gasteiger partial charge in [-0.1, -0.05) is 60.7 Å². The zero-order valence-corrected chi connectivity index (χ0v) is 11.9. The Morgan fingerprint density at radius 1 is 1.00 bits per heavy atom. The average molecular weight is 283 g/mol. The van der Waals surface area contributed by atoms with Crippen LogP contribution in [0.4, 0.5) is 0 Å². The fourth-order valence-corrected chi connectivity index (χ4v) is 2.01. The van der Waals surface area contributed by atoms with Gasteiger partial charge < -0.3 is 9.94 Å². The maximum Gasteiger partial charge on any atom is 0.399 e. The summed E-state index contributed by atoms with van der Waals surface area (Å²) in [6.07, 6.45) is 0.254. The van der Waals surface area contributed by atoms with Gasteiger partial charge in [-0.15, -0.1) is 0 Å². The molecule has 0 fully saturated rings. The van der Waals surface area contributed by atoms with E-state index in [0.29, 0.717) is 4.74 Å². The zero-order chi connectivity index (χ0) is 15.1. The van der Waals surface area contributed by atoms with E-state index in [9.17, 15) is 10.0 Å². The molecule has 0 aromatic heterocycles. The molecule has 4 heteroatoms. The van der Waals surface area contributed by atoms with Gasteiger partial charge in [-0.05, 0) is 5.56 Å². The smallest absolute Gasteiger partial charge is 0.399 e. The zero-order valence-electron chi connectivity index (χ0n) is 11.9. The summed E-state index contributed by atoms with van der Waals surface area (Å²) in [6, 6.07) is 18.7. The molecular formula is C17H17NO3. The molecule has 0 aliphatic heterocycles. The first kappa shape index (κ1) is 14.8. The third kappa shape index (κ3) is 4.18. The molecule has 0 amide bonds. The molecule has 2 rings (SSSR count). The number of carbonyl (C=O) groups is 1. The van der Waals surface area contributed by atoms with Crippen molar-refractivity contribution in [1.29, 1.82) is 0 Å². The van der Waals surface area contributed by atoms with E-state index in [1.54, 1.807) is 0 Å². The normalized spacial score (nSPS) is 11.7. The van der Waals surface area contributed by atoms with Gasteiger partial charge in [0, 0.05) is 5.56 Å². The highest BCUT2D eigenvalue weighted by Gasteiger charge is 2.21. The van der Waals surface area contributed by atoms with E-state index in [0.717, 1.165) is 11.1 Å². The highest BCUT2D eigenvalue weighted by atomic mass is 16.5. The van der Waals surface area contributed by atoms with Crippen molar-refractivity contribution in [2.75, 3.05) is 7.11 Å². The van der Waals surface area contributed by atoms with Crippen LogP contribution in [0.25, 0.3) is 0 Å². The topological polar surface area (TPSA) is 52.4 Å². The number of carbonyl (C=O) groups excluding carboxylic acids is 1. The Balaban J connectivity index is 2.25. The van der Waals surface area contributed by atoms with Crippen LogP contribution in [0.1, 0.15) is 11.1 Å². The van der Waals surface area contributed by atoms with Gasteiger partial charge in [-0.25, -0.2) is 4.79 Å². The van der Waals surface area contributed by atoms with Crippen LogP contribution in [0, 0.1) is 5.21 Å². The van der Waals surface area contributed by atoms with E-state index in [2.05, 4.69) is 0 Å². The maximum absolute atomic E-state index is 12.3. The molecule has 0 spiro atoms. The molecule has 0 atom stereocenters. The number of benzene rings is 2. The lowest BCUT2D eigenvalue weighted by molar-refractivity contribution is -0.475. The molecule has 2 aromatic rings. The summed E-state index contributed by atoms with van der Waals surface area (Å²) < 4.78 is 5.43. The lowest BCUT2D eigenvalue weighted by Gasteiger charge is -2.10. The summed E-state index contributed by atoms with van der Waals surface area (Å²) in [4.78, 5) is 11.8. The second-order valence-electron chi connectivity index (χ2n) is 4.62. The van der Waals surface area contributed by atoms with E-state index < -0.39 is 5.97 Å². The lowest BCUT2D eigenvalue weighted by atomic mass is 10.1. The highest BCUT2D eigenvalue weighted by Crippen LogP contribution is 2.05. The number of hydrogen-bond donors (Lipinski definition) is 0. The van der Waals surface area contributed by atoms with Crippen LogP contribution in [0.3, 0.4) is 0 Å². The molecule has 2 aromatic carbocycles. The number of hydroxylamine groups is 1. The number of ether oxygens (including phenoxy) is 1. The first-order chi connectivity index (χ1) is 10.2. The van der Waals surface area contributed by atoms with Crippen LogP contribution < -0.4 is 0 Å². The van der Waals surface area contributed by atoms with Gasteiger partial charge in [-0.3, -0.25) is 0 Å². The molecule has 108 valence electrons. The number of nitrogens with zero attached hydrogens (tertiary/aromatic N) is 1. The Morgan fingerprint density at radius 2 is 1.52 bits per heavy atom. The minimum Gasteiger partial charge on any atom is -0.623 e. The molecule has 0 N–H and O–H groups in total. The number of esters is 1. The van der Waals surface area contributed by atoms with Crippen LogP contribution in [-0.2, 0) is 22.5 Å². The fourth-order valence-electron chi connectivity index (χ4n) is 2.01. The van der Waals surface area contributed by atoms with Gasteiger partial charge in [0.15, 0.2) is 6.54 Å². The standard InChI is InChI=1S/C17H17NO3/c1-21-17(19)16(12-14-8-4-2-5-9-14)18(20)13-15-10-6-3-7-11-15/h2-11H,12-13H2,1H3/b18-16+. The van der Waals surface area contributed by atoms with Crippen LogP contribution in [-0.4, -0.2) is 23.5 Å². The Kier molecular flexibility index (Phi) is 5.10. The van der Waals surface area contributed by atoms with Gasteiger partial charge >= 0.3 is 5.97 Å². The van der Waals surface area contributed by atoms with Gasteiger partial charge in [0.2, 0.25) is 0 Å². The van der Waals surface area contributed by atoms with E-state index in [4.69, 9.17) is 4.74 Å². The first-order valence-electron chi connectivity index (χ1n) is 6.67. The van der Waals surface area contributed by atoms with E-state index in [-0.39, 0.29) is 18.7 Å². The summed E-state index contributed by atoms with van der Waals surface area (Å²) in [6.45, 7) is 0.123. The van der Waals surface area contributed by atoms with Crippen molar-refractivity contribution in [3.63, 3.8) is 0 Å². The third-order valence-electron chi connectivity index (χ3n) is 3.11. The molecular weight excluding hydrogens is 266 g/mol. The second kappa shape index (κ2) is 7.24. The number of rotatable bonds is 5. The Bertz CT molecular complexity index is 621. The van der Waals surface area contributed by atoms with Crippen molar-refractivity contribution in [2.24, 2.45) is 0 Å². The predicted molar refractivity (Wildman–Crippen MR) is 80.9 cm³/mol. The molecule has 0 heterocycles. The van der Waals surface area contributed by atoms with Crippen molar-refractivity contribution >= 4 is 11.7 Å². The van der Waals surface area contributed by atoms with Crippen molar-refractivity contribution < 1.29 is 14.3 Å². The van der Waals surface area contributed by atoms with E-state index in [1.165, 1.54) is 7.11 Å². The summed E-state index contributed by atoms with van der Waals surface area (Å²) in [5, 5.41) is 12.3. The van der Waals surface area contributed by atoms with Gasteiger partial charge in [-0.2, -0.15) is 4.74 Å². The van der Waals surface area contributed by atoms with Gasteiger partial charge in [0.05, 0.1) is 13.5 Å². The second-order valence-corrected chi connectivity index (χ2v) is 4.62.